The molecule has 1 amide bonds. The van der Waals surface area contributed by atoms with Gasteiger partial charge in [0.25, 0.3) is 0 Å². The number of amides is 1. The number of piperazine rings is 1. The zero-order chi connectivity index (χ0) is 18.8. The summed E-state index contributed by atoms with van der Waals surface area (Å²) in [5.41, 5.74) is 11.7. The fourth-order valence-corrected chi connectivity index (χ4v) is 4.16. The Morgan fingerprint density at radius 2 is 1.78 bits per heavy atom. The van der Waals surface area contributed by atoms with E-state index in [1.165, 1.54) is 28.8 Å². The van der Waals surface area contributed by atoms with Crippen LogP contribution in [0.5, 0.6) is 0 Å². The molecule has 1 saturated heterocycles. The van der Waals surface area contributed by atoms with Crippen molar-refractivity contribution in [1.29, 1.82) is 0 Å². The summed E-state index contributed by atoms with van der Waals surface area (Å²) < 4.78 is 0. The van der Waals surface area contributed by atoms with Gasteiger partial charge in [-0.1, -0.05) is 24.3 Å². The van der Waals surface area contributed by atoms with Crippen LogP contribution in [0.15, 0.2) is 30.3 Å². The van der Waals surface area contributed by atoms with Crippen LogP contribution in [-0.4, -0.2) is 49.0 Å². The molecule has 1 aromatic carbocycles. The third-order valence-corrected chi connectivity index (χ3v) is 5.75. The van der Waals surface area contributed by atoms with Crippen molar-refractivity contribution in [2.75, 3.05) is 38.1 Å². The number of nitrogens with zero attached hydrogens (tertiary/aromatic N) is 3. The lowest BCUT2D eigenvalue weighted by molar-refractivity contribution is -0.117. The number of hydrogen-bond donors (Lipinski definition) is 1. The summed E-state index contributed by atoms with van der Waals surface area (Å²) in [5.74, 6) is 0.857. The first-order chi connectivity index (χ1) is 13.1. The summed E-state index contributed by atoms with van der Waals surface area (Å²) in [6, 6.07) is 10.6. The van der Waals surface area contributed by atoms with Crippen molar-refractivity contribution in [2.45, 2.75) is 32.1 Å². The average Bonchev–Trinajstić information content (AvgIpc) is 3.12. The highest BCUT2D eigenvalue weighted by molar-refractivity contribution is 5.76. The molecular formula is C22H28N4O. The summed E-state index contributed by atoms with van der Waals surface area (Å²) in [4.78, 5) is 20.9. The van der Waals surface area contributed by atoms with E-state index in [-0.39, 0.29) is 5.91 Å². The maximum Gasteiger partial charge on any atom is 0.221 e. The van der Waals surface area contributed by atoms with Gasteiger partial charge in [0.2, 0.25) is 5.91 Å². The largest absolute Gasteiger partial charge is 0.369 e. The molecule has 5 heteroatoms. The topological polar surface area (TPSA) is 62.5 Å². The molecule has 4 rings (SSSR count). The predicted octanol–water partition coefficient (Wildman–Crippen LogP) is 1.94. The lowest BCUT2D eigenvalue weighted by atomic mass is 9.98. The number of rotatable bonds is 5. The Morgan fingerprint density at radius 1 is 1.07 bits per heavy atom. The van der Waals surface area contributed by atoms with Crippen molar-refractivity contribution in [1.82, 2.24) is 9.88 Å². The number of aryl methyl sites for hydroxylation is 1. The monoisotopic (exact) mass is 364 g/mol. The zero-order valence-corrected chi connectivity index (χ0v) is 16.1. The fourth-order valence-electron chi connectivity index (χ4n) is 4.16. The van der Waals surface area contributed by atoms with Gasteiger partial charge < -0.3 is 15.5 Å². The molecule has 0 bridgehead atoms. The van der Waals surface area contributed by atoms with E-state index in [1.54, 1.807) is 0 Å². The van der Waals surface area contributed by atoms with Gasteiger partial charge in [-0.05, 0) is 61.1 Å². The van der Waals surface area contributed by atoms with Gasteiger partial charge in [0.05, 0.1) is 6.42 Å². The minimum Gasteiger partial charge on any atom is -0.369 e. The van der Waals surface area contributed by atoms with Crippen molar-refractivity contribution >= 4 is 11.7 Å². The second-order valence-electron chi connectivity index (χ2n) is 7.85. The second kappa shape index (κ2) is 7.69. The van der Waals surface area contributed by atoms with Gasteiger partial charge in [-0.15, -0.1) is 0 Å². The van der Waals surface area contributed by atoms with Gasteiger partial charge in [0.1, 0.15) is 5.82 Å². The quantitative estimate of drug-likeness (QED) is 0.881. The van der Waals surface area contributed by atoms with E-state index in [2.05, 4.69) is 35.0 Å². The predicted molar refractivity (Wildman–Crippen MR) is 108 cm³/mol. The van der Waals surface area contributed by atoms with E-state index < -0.39 is 0 Å². The molecular weight excluding hydrogens is 336 g/mol. The molecule has 142 valence electrons. The first kappa shape index (κ1) is 18.0. The smallest absolute Gasteiger partial charge is 0.221 e. The van der Waals surface area contributed by atoms with E-state index in [4.69, 9.17) is 10.7 Å². The fraction of sp³-hybridized carbons (Fsp3) is 0.455. The number of fused-ring (bicyclic) bond motifs is 1. The summed E-state index contributed by atoms with van der Waals surface area (Å²) in [6.07, 6.45) is 4.67. The molecule has 27 heavy (non-hydrogen) atoms. The number of hydrogen-bond acceptors (Lipinski definition) is 4. The first-order valence-electron chi connectivity index (χ1n) is 9.90. The Labute approximate surface area is 161 Å². The number of benzene rings is 1. The maximum atomic E-state index is 11.1. The molecule has 0 atom stereocenters. The average molecular weight is 364 g/mol. The minimum atomic E-state index is -0.286. The molecule has 1 aromatic heterocycles. The molecule has 1 aliphatic carbocycles. The van der Waals surface area contributed by atoms with E-state index in [1.807, 2.05) is 12.1 Å². The number of likely N-dealkylation sites (N-methyl/N-ethyl adjacent to an activating group) is 1. The number of carbonyl (C=O) groups excluding carboxylic acids is 1. The molecule has 0 saturated carbocycles. The summed E-state index contributed by atoms with van der Waals surface area (Å²) in [5, 5.41) is 0. The molecule has 2 aromatic rings. The van der Waals surface area contributed by atoms with Crippen LogP contribution in [0, 0.1) is 0 Å². The van der Waals surface area contributed by atoms with Crippen molar-refractivity contribution in [2.24, 2.45) is 5.73 Å². The first-order valence-corrected chi connectivity index (χ1v) is 9.90. The van der Waals surface area contributed by atoms with Gasteiger partial charge in [-0.25, -0.2) is 4.98 Å². The molecule has 0 spiro atoms. The summed E-state index contributed by atoms with van der Waals surface area (Å²) in [6.45, 7) is 4.28. The highest BCUT2D eigenvalue weighted by Crippen LogP contribution is 2.29. The van der Waals surface area contributed by atoms with Crippen LogP contribution < -0.4 is 10.6 Å². The third kappa shape index (κ3) is 4.14. The maximum absolute atomic E-state index is 11.1. The lowest BCUT2D eigenvalue weighted by Gasteiger charge is -2.33. The SMILES string of the molecule is CN1CCN(c2cc(Cc3ccc(CC(N)=O)cc3)c3c(n2)CCC3)CC1. The molecule has 1 aliphatic heterocycles. The van der Waals surface area contributed by atoms with Crippen LogP contribution >= 0.6 is 0 Å². The van der Waals surface area contributed by atoms with Gasteiger partial charge in [0, 0.05) is 31.9 Å². The minimum absolute atomic E-state index is 0.286. The number of anilines is 1. The standard InChI is InChI=1S/C22H28N4O/c1-25-9-11-26(12-10-25)22-15-18(19-3-2-4-20(19)24-22)13-16-5-7-17(8-6-16)14-21(23)27/h5-8,15H,2-4,9-14H2,1H3,(H2,23,27). The normalized spacial score (nSPS) is 17.1. The third-order valence-electron chi connectivity index (χ3n) is 5.75. The Bertz CT molecular complexity index is 823. The van der Waals surface area contributed by atoms with Crippen LogP contribution in [0.25, 0.3) is 0 Å². The van der Waals surface area contributed by atoms with E-state index in [0.717, 1.165) is 56.8 Å². The molecule has 2 aliphatic rings. The molecule has 0 radical (unpaired) electrons. The zero-order valence-electron chi connectivity index (χ0n) is 16.1. The van der Waals surface area contributed by atoms with E-state index in [0.29, 0.717) is 6.42 Å². The number of carbonyl (C=O) groups is 1. The number of nitrogens with two attached hydrogens (primary N) is 1. The van der Waals surface area contributed by atoms with Gasteiger partial charge >= 0.3 is 0 Å². The number of aromatic nitrogens is 1. The molecule has 2 N–H and O–H groups in total. The van der Waals surface area contributed by atoms with Gasteiger partial charge in [-0.3, -0.25) is 4.79 Å². The second-order valence-corrected chi connectivity index (χ2v) is 7.85. The van der Waals surface area contributed by atoms with Crippen LogP contribution in [0.2, 0.25) is 0 Å². The van der Waals surface area contributed by atoms with Crippen LogP contribution in [0.1, 0.15) is 34.4 Å². The Balaban J connectivity index is 1.57. The van der Waals surface area contributed by atoms with E-state index >= 15 is 0 Å². The Kier molecular flexibility index (Phi) is 5.12. The van der Waals surface area contributed by atoms with E-state index in [9.17, 15) is 4.79 Å². The van der Waals surface area contributed by atoms with Crippen molar-refractivity contribution < 1.29 is 4.79 Å². The van der Waals surface area contributed by atoms with Crippen LogP contribution in [0.4, 0.5) is 5.82 Å². The molecule has 5 nitrogen and oxygen atoms in total. The molecule has 2 heterocycles. The molecule has 1 fully saturated rings. The van der Waals surface area contributed by atoms with Crippen molar-refractivity contribution in [3.05, 3.63) is 58.3 Å². The molecule has 0 unspecified atom stereocenters. The van der Waals surface area contributed by atoms with Crippen LogP contribution in [0.3, 0.4) is 0 Å². The highest BCUT2D eigenvalue weighted by atomic mass is 16.1. The number of primary amides is 1. The van der Waals surface area contributed by atoms with Crippen molar-refractivity contribution in [3.8, 4) is 0 Å². The highest BCUT2D eigenvalue weighted by Gasteiger charge is 2.22. The van der Waals surface area contributed by atoms with Crippen LogP contribution in [-0.2, 0) is 30.5 Å². The summed E-state index contributed by atoms with van der Waals surface area (Å²) >= 11 is 0. The Hall–Kier alpha value is -2.40. The number of pyridine rings is 1. The van der Waals surface area contributed by atoms with Crippen molar-refractivity contribution in [3.63, 3.8) is 0 Å². The summed E-state index contributed by atoms with van der Waals surface area (Å²) in [7, 11) is 2.18. The van der Waals surface area contributed by atoms with Gasteiger partial charge in [-0.2, -0.15) is 0 Å². The van der Waals surface area contributed by atoms with Gasteiger partial charge in [0.15, 0.2) is 0 Å². The Morgan fingerprint density at radius 3 is 2.48 bits per heavy atom. The lowest BCUT2D eigenvalue weighted by Crippen LogP contribution is -2.44.